The van der Waals surface area contributed by atoms with Gasteiger partial charge in [0, 0.05) is 4.47 Å². The molecule has 0 fully saturated rings. The van der Waals surface area contributed by atoms with Crippen LogP contribution in [0.25, 0.3) is 0 Å². The summed E-state index contributed by atoms with van der Waals surface area (Å²) in [6.07, 6.45) is 0. The number of rotatable bonds is 4. The molecule has 0 heterocycles. The van der Waals surface area contributed by atoms with Gasteiger partial charge >= 0.3 is 0 Å². The molecular formula is C13H12BrNO2S. The maximum Gasteiger partial charge on any atom is 0.122 e. The molecule has 1 unspecified atom stereocenters. The fourth-order valence-corrected chi connectivity index (χ4v) is 2.09. The third kappa shape index (κ3) is 3.66. The number of benzene rings is 2. The van der Waals surface area contributed by atoms with E-state index in [0.717, 1.165) is 15.8 Å². The van der Waals surface area contributed by atoms with Crippen LogP contribution in [0.15, 0.2) is 57.9 Å². The van der Waals surface area contributed by atoms with Crippen LogP contribution >= 0.6 is 15.9 Å². The maximum atomic E-state index is 11.0. The van der Waals surface area contributed by atoms with Crippen LogP contribution in [0.3, 0.4) is 0 Å². The Bertz CT molecular complexity index is 540. The van der Waals surface area contributed by atoms with Gasteiger partial charge in [0.2, 0.25) is 0 Å². The quantitative estimate of drug-likeness (QED) is 0.939. The lowest BCUT2D eigenvalue weighted by Crippen LogP contribution is -2.02. The van der Waals surface area contributed by atoms with Crippen LogP contribution in [-0.4, -0.2) is 4.21 Å². The Labute approximate surface area is 117 Å². The molecule has 5 heteroatoms. The predicted molar refractivity (Wildman–Crippen MR) is 75.5 cm³/mol. The van der Waals surface area contributed by atoms with E-state index in [4.69, 9.17) is 9.88 Å². The maximum absolute atomic E-state index is 11.0. The Morgan fingerprint density at radius 2 is 1.67 bits per heavy atom. The van der Waals surface area contributed by atoms with Crippen LogP contribution in [0.2, 0.25) is 0 Å². The zero-order valence-electron chi connectivity index (χ0n) is 9.51. The lowest BCUT2D eigenvalue weighted by molar-refractivity contribution is 0.306. The van der Waals surface area contributed by atoms with Crippen LogP contribution in [0.4, 0.5) is 0 Å². The Hall–Kier alpha value is -1.17. The van der Waals surface area contributed by atoms with Crippen molar-refractivity contribution in [3.05, 3.63) is 58.6 Å². The Morgan fingerprint density at radius 3 is 2.22 bits per heavy atom. The van der Waals surface area contributed by atoms with Gasteiger partial charge < -0.3 is 4.74 Å². The van der Waals surface area contributed by atoms with Crippen molar-refractivity contribution in [2.75, 3.05) is 0 Å². The minimum atomic E-state index is -1.44. The van der Waals surface area contributed by atoms with E-state index in [1.165, 1.54) is 0 Å². The van der Waals surface area contributed by atoms with Gasteiger partial charge in [0.15, 0.2) is 0 Å². The zero-order valence-corrected chi connectivity index (χ0v) is 11.9. The van der Waals surface area contributed by atoms with Crippen molar-refractivity contribution in [1.82, 2.24) is 0 Å². The molecule has 0 saturated carbocycles. The molecule has 94 valence electrons. The molecule has 0 aliphatic heterocycles. The molecule has 0 aliphatic carbocycles. The highest BCUT2D eigenvalue weighted by Crippen LogP contribution is 2.16. The molecular weight excluding hydrogens is 314 g/mol. The van der Waals surface area contributed by atoms with Crippen LogP contribution in [0.1, 0.15) is 5.56 Å². The van der Waals surface area contributed by atoms with Gasteiger partial charge in [-0.25, -0.2) is 9.35 Å². The van der Waals surface area contributed by atoms with Crippen LogP contribution in [0, 0.1) is 0 Å². The highest BCUT2D eigenvalue weighted by molar-refractivity contribution is 9.10. The van der Waals surface area contributed by atoms with E-state index in [-0.39, 0.29) is 0 Å². The molecule has 18 heavy (non-hydrogen) atoms. The van der Waals surface area contributed by atoms with Crippen LogP contribution < -0.4 is 9.88 Å². The molecule has 2 rings (SSSR count). The van der Waals surface area contributed by atoms with Crippen molar-refractivity contribution >= 4 is 26.9 Å². The van der Waals surface area contributed by atoms with Gasteiger partial charge in [-0.2, -0.15) is 0 Å². The molecule has 1 atom stereocenters. The third-order valence-electron chi connectivity index (χ3n) is 2.37. The molecule has 0 bridgehead atoms. The first-order valence-electron chi connectivity index (χ1n) is 5.28. The molecule has 0 radical (unpaired) electrons. The summed E-state index contributed by atoms with van der Waals surface area (Å²) in [5.41, 5.74) is 1.09. The van der Waals surface area contributed by atoms with Gasteiger partial charge in [0.1, 0.15) is 23.3 Å². The van der Waals surface area contributed by atoms with Gasteiger partial charge in [-0.1, -0.05) is 28.1 Å². The van der Waals surface area contributed by atoms with Crippen molar-refractivity contribution in [2.45, 2.75) is 11.5 Å². The van der Waals surface area contributed by atoms with Gasteiger partial charge in [-0.05, 0) is 42.0 Å². The highest BCUT2D eigenvalue weighted by atomic mass is 79.9. The lowest BCUT2D eigenvalue weighted by atomic mass is 10.2. The predicted octanol–water partition coefficient (Wildman–Crippen LogP) is 3.01. The van der Waals surface area contributed by atoms with Crippen molar-refractivity contribution in [3.8, 4) is 5.75 Å². The molecule has 0 spiro atoms. The number of nitrogens with two attached hydrogens (primary N) is 1. The topological polar surface area (TPSA) is 52.3 Å². The van der Waals surface area contributed by atoms with Crippen molar-refractivity contribution < 1.29 is 8.95 Å². The van der Waals surface area contributed by atoms with E-state index >= 15 is 0 Å². The van der Waals surface area contributed by atoms with Crippen molar-refractivity contribution in [1.29, 1.82) is 0 Å². The second-order valence-corrected chi connectivity index (χ2v) is 5.67. The van der Waals surface area contributed by atoms with E-state index in [1.54, 1.807) is 24.3 Å². The second kappa shape index (κ2) is 6.13. The third-order valence-corrected chi connectivity index (χ3v) is 3.64. The smallest absolute Gasteiger partial charge is 0.122 e. The molecule has 2 N–H and O–H groups in total. The summed E-state index contributed by atoms with van der Waals surface area (Å²) in [6.45, 7) is 0.498. The van der Waals surface area contributed by atoms with Crippen molar-refractivity contribution in [3.63, 3.8) is 0 Å². The minimum absolute atomic E-state index is 0.498. The summed E-state index contributed by atoms with van der Waals surface area (Å²) >= 11 is 3.38. The van der Waals surface area contributed by atoms with Gasteiger partial charge in [-0.15, -0.1) is 0 Å². The number of hydrogen-bond acceptors (Lipinski definition) is 2. The number of hydrogen-bond donors (Lipinski definition) is 1. The second-order valence-electron chi connectivity index (χ2n) is 3.68. The Kier molecular flexibility index (Phi) is 4.52. The molecule has 0 saturated heterocycles. The van der Waals surface area contributed by atoms with E-state index in [0.29, 0.717) is 11.5 Å². The SMILES string of the molecule is NS(=O)c1ccc(OCc2ccc(Br)cc2)cc1. The van der Waals surface area contributed by atoms with E-state index in [1.807, 2.05) is 24.3 Å². The fraction of sp³-hybridized carbons (Fsp3) is 0.0769. The first kappa shape index (κ1) is 13.3. The van der Waals surface area contributed by atoms with Gasteiger partial charge in [0.05, 0.1) is 4.90 Å². The normalized spacial score (nSPS) is 12.1. The summed E-state index contributed by atoms with van der Waals surface area (Å²) in [5, 5.41) is 5.27. The number of ether oxygens (including phenoxy) is 1. The first-order valence-corrected chi connectivity index (χ1v) is 7.29. The zero-order chi connectivity index (χ0) is 13.0. The number of halogens is 1. The molecule has 2 aromatic rings. The average molecular weight is 326 g/mol. The Morgan fingerprint density at radius 1 is 1.06 bits per heavy atom. The largest absolute Gasteiger partial charge is 0.489 e. The monoisotopic (exact) mass is 325 g/mol. The molecule has 3 nitrogen and oxygen atoms in total. The molecule has 2 aromatic carbocycles. The fourth-order valence-electron chi connectivity index (χ4n) is 1.42. The minimum Gasteiger partial charge on any atom is -0.489 e. The van der Waals surface area contributed by atoms with E-state index in [9.17, 15) is 4.21 Å². The van der Waals surface area contributed by atoms with Crippen LogP contribution in [-0.2, 0) is 17.6 Å². The molecule has 0 aliphatic rings. The first-order chi connectivity index (χ1) is 8.65. The summed E-state index contributed by atoms with van der Waals surface area (Å²) in [4.78, 5) is 0.589. The summed E-state index contributed by atoms with van der Waals surface area (Å²) in [5.74, 6) is 0.729. The molecule has 0 amide bonds. The molecule has 0 aromatic heterocycles. The average Bonchev–Trinajstić information content (AvgIpc) is 2.38. The van der Waals surface area contributed by atoms with E-state index < -0.39 is 11.0 Å². The van der Waals surface area contributed by atoms with Crippen LogP contribution in [0.5, 0.6) is 5.75 Å². The summed E-state index contributed by atoms with van der Waals surface area (Å²) in [6, 6.07) is 14.9. The highest BCUT2D eigenvalue weighted by Gasteiger charge is 1.99. The standard InChI is InChI=1S/C13H12BrNO2S/c14-11-3-1-10(2-4-11)9-17-12-5-7-13(8-6-12)18(15)16/h1-8H,9,15H2. The van der Waals surface area contributed by atoms with E-state index in [2.05, 4.69) is 15.9 Å². The van der Waals surface area contributed by atoms with Gasteiger partial charge in [-0.3, -0.25) is 0 Å². The summed E-state index contributed by atoms with van der Waals surface area (Å²) < 4.78 is 17.7. The van der Waals surface area contributed by atoms with Crippen molar-refractivity contribution in [2.24, 2.45) is 5.14 Å². The Balaban J connectivity index is 1.97. The van der Waals surface area contributed by atoms with Gasteiger partial charge in [0.25, 0.3) is 0 Å². The lowest BCUT2D eigenvalue weighted by Gasteiger charge is -2.06. The summed E-state index contributed by atoms with van der Waals surface area (Å²) in [7, 11) is -1.44.